The lowest BCUT2D eigenvalue weighted by molar-refractivity contribution is -0.384. The molecule has 3 aromatic rings. The molecule has 0 amide bonds. The molecule has 0 saturated carbocycles. The number of nitrogens with zero attached hydrogens (tertiary/aromatic N) is 5. The van der Waals surface area contributed by atoms with Gasteiger partial charge in [0.1, 0.15) is 5.82 Å². The van der Waals surface area contributed by atoms with E-state index in [1.54, 1.807) is 19.1 Å². The molecule has 3 heterocycles. The number of aromatic nitrogens is 3. The molecule has 1 N–H and O–H groups in total. The van der Waals surface area contributed by atoms with Crippen molar-refractivity contribution in [3.8, 4) is 5.88 Å². The zero-order chi connectivity index (χ0) is 20.0. The summed E-state index contributed by atoms with van der Waals surface area (Å²) < 4.78 is 1.48. The lowest BCUT2D eigenvalue weighted by atomic mass is 9.89. The van der Waals surface area contributed by atoms with Gasteiger partial charge >= 0.3 is 0 Å². The first-order chi connectivity index (χ1) is 13.3. The van der Waals surface area contributed by atoms with E-state index in [9.17, 15) is 15.2 Å². The first-order valence-corrected chi connectivity index (χ1v) is 10.2. The molecule has 3 atom stereocenters. The molecule has 8 nitrogen and oxygen atoms in total. The Hall–Kier alpha value is -2.52. The number of non-ortho nitro benzene ring substituents is 1. The first kappa shape index (κ1) is 18.8. The molecular weight excluding hydrogens is 378 g/mol. The van der Waals surface area contributed by atoms with Crippen LogP contribution in [-0.2, 0) is 0 Å². The zero-order valence-corrected chi connectivity index (χ0v) is 16.9. The number of aryl methyl sites for hydroxylation is 1. The largest absolute Gasteiger partial charge is 0.492 e. The molecule has 1 fully saturated rings. The van der Waals surface area contributed by atoms with Crippen LogP contribution in [0.25, 0.3) is 4.96 Å². The number of hydrogen-bond donors (Lipinski definition) is 1. The number of thiazole rings is 1. The van der Waals surface area contributed by atoms with Gasteiger partial charge in [-0.25, -0.2) is 4.98 Å². The summed E-state index contributed by atoms with van der Waals surface area (Å²) in [5.74, 6) is 1.78. The van der Waals surface area contributed by atoms with E-state index >= 15 is 0 Å². The number of rotatable bonds is 4. The van der Waals surface area contributed by atoms with E-state index in [1.807, 2.05) is 0 Å². The van der Waals surface area contributed by atoms with E-state index < -0.39 is 4.92 Å². The van der Waals surface area contributed by atoms with E-state index in [2.05, 4.69) is 28.8 Å². The summed E-state index contributed by atoms with van der Waals surface area (Å²) in [4.78, 5) is 18.8. The van der Waals surface area contributed by atoms with Gasteiger partial charge in [0.2, 0.25) is 10.8 Å². The van der Waals surface area contributed by atoms with Crippen LogP contribution in [0.5, 0.6) is 5.88 Å². The number of hydrogen-bond acceptors (Lipinski definition) is 7. The van der Waals surface area contributed by atoms with Crippen molar-refractivity contribution in [1.82, 2.24) is 19.5 Å². The summed E-state index contributed by atoms with van der Waals surface area (Å²) in [7, 11) is 0. The fourth-order valence-electron chi connectivity index (χ4n) is 4.25. The molecule has 0 radical (unpaired) electrons. The van der Waals surface area contributed by atoms with Gasteiger partial charge in [0.05, 0.1) is 15.8 Å². The molecule has 0 aliphatic carbocycles. The highest BCUT2D eigenvalue weighted by Gasteiger charge is 2.33. The third-order valence-corrected chi connectivity index (χ3v) is 6.31. The lowest BCUT2D eigenvalue weighted by Crippen LogP contribution is -2.41. The van der Waals surface area contributed by atoms with Crippen molar-refractivity contribution in [1.29, 1.82) is 0 Å². The molecule has 1 saturated heterocycles. The van der Waals surface area contributed by atoms with E-state index in [4.69, 9.17) is 0 Å². The highest BCUT2D eigenvalue weighted by atomic mass is 32.1. The van der Waals surface area contributed by atoms with Crippen LogP contribution in [0, 0.1) is 28.9 Å². The summed E-state index contributed by atoms with van der Waals surface area (Å²) in [6.07, 6.45) is 1.17. The normalized spacial score (nSPS) is 21.8. The van der Waals surface area contributed by atoms with Crippen LogP contribution < -0.4 is 0 Å². The van der Waals surface area contributed by atoms with Crippen LogP contribution >= 0.6 is 11.3 Å². The molecule has 1 aliphatic rings. The van der Waals surface area contributed by atoms with Crippen LogP contribution in [0.4, 0.5) is 5.69 Å². The molecule has 0 bridgehead atoms. The minimum absolute atomic E-state index is 0.0605. The number of nitro benzene ring substituents is 1. The first-order valence-electron chi connectivity index (χ1n) is 9.37. The van der Waals surface area contributed by atoms with Crippen molar-refractivity contribution < 1.29 is 10.0 Å². The van der Waals surface area contributed by atoms with Crippen LogP contribution in [0.3, 0.4) is 0 Å². The molecular formula is C19H23N5O3S. The maximum atomic E-state index is 11.0. The van der Waals surface area contributed by atoms with Crippen molar-refractivity contribution in [2.24, 2.45) is 11.8 Å². The van der Waals surface area contributed by atoms with Crippen LogP contribution in [0.2, 0.25) is 0 Å². The second-order valence-corrected chi connectivity index (χ2v) is 8.80. The Morgan fingerprint density at radius 2 is 1.89 bits per heavy atom. The number of fused-ring (bicyclic) bond motifs is 1. The van der Waals surface area contributed by atoms with Gasteiger partial charge in [0, 0.05) is 25.2 Å². The molecule has 4 rings (SSSR count). The molecule has 9 heteroatoms. The fourth-order valence-corrected chi connectivity index (χ4v) is 5.42. The van der Waals surface area contributed by atoms with Crippen LogP contribution in [0.15, 0.2) is 24.3 Å². The third kappa shape index (κ3) is 3.35. The summed E-state index contributed by atoms with van der Waals surface area (Å²) in [6, 6.07) is 6.43. The summed E-state index contributed by atoms with van der Waals surface area (Å²) >= 11 is 1.42. The average Bonchev–Trinajstić information content (AvgIpc) is 3.13. The fraction of sp³-hybridized carbons (Fsp3) is 0.474. The van der Waals surface area contributed by atoms with Gasteiger partial charge in [0.25, 0.3) is 5.69 Å². The maximum absolute atomic E-state index is 11.0. The van der Waals surface area contributed by atoms with Crippen LogP contribution in [0.1, 0.15) is 42.6 Å². The Morgan fingerprint density at radius 3 is 2.46 bits per heavy atom. The lowest BCUT2D eigenvalue weighted by Gasteiger charge is -2.40. The van der Waals surface area contributed by atoms with Gasteiger partial charge in [-0.2, -0.15) is 4.52 Å². The van der Waals surface area contributed by atoms with Crippen molar-refractivity contribution in [2.75, 3.05) is 13.1 Å². The number of piperidine rings is 1. The predicted octanol–water partition coefficient (Wildman–Crippen LogP) is 3.78. The monoisotopic (exact) mass is 401 g/mol. The second kappa shape index (κ2) is 7.14. The van der Waals surface area contributed by atoms with E-state index in [0.717, 1.165) is 23.5 Å². The van der Waals surface area contributed by atoms with E-state index in [1.165, 1.54) is 34.4 Å². The number of aromatic hydroxyl groups is 1. The van der Waals surface area contributed by atoms with Gasteiger partial charge in [0.15, 0.2) is 0 Å². The number of benzene rings is 1. The molecule has 148 valence electrons. The van der Waals surface area contributed by atoms with Gasteiger partial charge in [-0.15, -0.1) is 5.10 Å². The quantitative estimate of drug-likeness (QED) is 0.528. The molecule has 1 aromatic carbocycles. The average molecular weight is 401 g/mol. The van der Waals surface area contributed by atoms with Gasteiger partial charge < -0.3 is 5.11 Å². The highest BCUT2D eigenvalue weighted by Crippen LogP contribution is 2.42. The van der Waals surface area contributed by atoms with Crippen molar-refractivity contribution in [3.63, 3.8) is 0 Å². The Labute approximate surface area is 166 Å². The summed E-state index contributed by atoms with van der Waals surface area (Å²) in [5.41, 5.74) is 0.980. The SMILES string of the molecule is Cc1nc2sc([C@H](c3ccc([N+](=O)[O-])cc3)N3C[C@@H](C)C[C@H](C)C3)c(O)n2n1. The van der Waals surface area contributed by atoms with E-state index in [-0.39, 0.29) is 17.6 Å². The molecule has 0 spiro atoms. The van der Waals surface area contributed by atoms with E-state index in [0.29, 0.717) is 22.6 Å². The Kier molecular flexibility index (Phi) is 4.80. The Bertz CT molecular complexity index is 1000. The van der Waals surface area contributed by atoms with Gasteiger partial charge in [-0.1, -0.05) is 37.3 Å². The topological polar surface area (TPSA) is 96.8 Å². The maximum Gasteiger partial charge on any atom is 0.269 e. The van der Waals surface area contributed by atoms with Crippen molar-refractivity contribution in [3.05, 3.63) is 50.6 Å². The van der Waals surface area contributed by atoms with Crippen molar-refractivity contribution in [2.45, 2.75) is 33.2 Å². The molecule has 28 heavy (non-hydrogen) atoms. The van der Waals surface area contributed by atoms with Crippen molar-refractivity contribution >= 4 is 22.0 Å². The number of nitro groups is 1. The van der Waals surface area contributed by atoms with Gasteiger partial charge in [-0.05, 0) is 30.7 Å². The van der Waals surface area contributed by atoms with Gasteiger partial charge in [-0.3, -0.25) is 15.0 Å². The van der Waals surface area contributed by atoms with Crippen LogP contribution in [-0.4, -0.2) is 42.6 Å². The minimum atomic E-state index is -0.396. The molecule has 2 aromatic heterocycles. The smallest absolute Gasteiger partial charge is 0.269 e. The summed E-state index contributed by atoms with van der Waals surface area (Å²) in [5, 5.41) is 26.2. The third-order valence-electron chi connectivity index (χ3n) is 5.24. The predicted molar refractivity (Wildman–Crippen MR) is 107 cm³/mol. The molecule has 0 unspecified atom stereocenters. The zero-order valence-electron chi connectivity index (χ0n) is 16.1. The second-order valence-electron chi connectivity index (χ2n) is 7.79. The minimum Gasteiger partial charge on any atom is -0.492 e. The summed E-state index contributed by atoms with van der Waals surface area (Å²) in [6.45, 7) is 8.07. The number of likely N-dealkylation sites (tertiary alicyclic amines) is 1. The standard InChI is InChI=1S/C19H23N5O3S/c1-11-8-12(2)10-22(9-11)16(14-4-6-15(7-5-14)24(26)27)17-18(25)23-19(28-17)20-13(3)21-23/h4-7,11-12,16,25H,8-10H2,1-3H3/t11-,12-,16-/m0/s1. The highest BCUT2D eigenvalue weighted by molar-refractivity contribution is 7.17. The Morgan fingerprint density at radius 1 is 1.25 bits per heavy atom. The molecule has 1 aliphatic heterocycles. The Balaban J connectivity index is 1.81.